The van der Waals surface area contributed by atoms with Crippen molar-refractivity contribution in [3.05, 3.63) is 99.4 Å². The van der Waals surface area contributed by atoms with Gasteiger partial charge < -0.3 is 9.64 Å². The number of hydrogen-bond acceptors (Lipinski definition) is 3. The molecule has 0 radical (unpaired) electrons. The van der Waals surface area contributed by atoms with Crippen LogP contribution < -0.4 is 10.3 Å². The van der Waals surface area contributed by atoms with Gasteiger partial charge in [-0.3, -0.25) is 9.36 Å². The van der Waals surface area contributed by atoms with Crippen LogP contribution in [0.5, 0.6) is 5.75 Å². The first-order valence-electron chi connectivity index (χ1n) is 9.99. The predicted molar refractivity (Wildman–Crippen MR) is 125 cm³/mol. The van der Waals surface area contributed by atoms with Crippen molar-refractivity contribution in [3.63, 3.8) is 0 Å². The van der Waals surface area contributed by atoms with Gasteiger partial charge in [0.25, 0.3) is 5.56 Å². The second-order valence-corrected chi connectivity index (χ2v) is 7.95. The van der Waals surface area contributed by atoms with Crippen molar-refractivity contribution < 1.29 is 4.74 Å². The summed E-state index contributed by atoms with van der Waals surface area (Å²) in [6, 6.07) is 19.2. The molecule has 30 heavy (non-hydrogen) atoms. The molecule has 0 spiro atoms. The Morgan fingerprint density at radius 3 is 2.40 bits per heavy atom. The molecule has 0 aliphatic carbocycles. The summed E-state index contributed by atoms with van der Waals surface area (Å²) in [6.45, 7) is 5.63. The molecular weight excluding hydrogens is 396 g/mol. The average Bonchev–Trinajstić information content (AvgIpc) is 2.74. The van der Waals surface area contributed by atoms with E-state index in [1.165, 1.54) is 6.07 Å². The Bertz CT molecular complexity index is 1040. The third-order valence-electron chi connectivity index (χ3n) is 4.97. The van der Waals surface area contributed by atoms with Crippen LogP contribution in [0.25, 0.3) is 11.8 Å². The summed E-state index contributed by atoms with van der Waals surface area (Å²) in [5, 5.41) is 0.686. The first-order chi connectivity index (χ1) is 14.4. The van der Waals surface area contributed by atoms with Gasteiger partial charge in [-0.25, -0.2) is 0 Å². The van der Waals surface area contributed by atoms with Gasteiger partial charge in [0.05, 0.1) is 0 Å². The molecule has 4 nitrogen and oxygen atoms in total. The summed E-state index contributed by atoms with van der Waals surface area (Å²) in [5.74, 6) is 0.542. The van der Waals surface area contributed by atoms with Crippen LogP contribution in [0.1, 0.15) is 25.0 Å². The van der Waals surface area contributed by atoms with Crippen LogP contribution in [0.4, 0.5) is 0 Å². The quantitative estimate of drug-likeness (QED) is 0.486. The number of likely N-dealkylation sites (N-methyl/N-ethyl adjacent to an activating group) is 1. The summed E-state index contributed by atoms with van der Waals surface area (Å²) in [4.78, 5) is 14.8. The third-order valence-corrected chi connectivity index (χ3v) is 5.22. The average molecular weight is 423 g/mol. The first kappa shape index (κ1) is 21.9. The van der Waals surface area contributed by atoms with Gasteiger partial charge in [-0.1, -0.05) is 48.0 Å². The molecule has 0 bridgehead atoms. The highest BCUT2D eigenvalue weighted by Crippen LogP contribution is 2.15. The van der Waals surface area contributed by atoms with E-state index in [1.54, 1.807) is 16.8 Å². The van der Waals surface area contributed by atoms with Crippen molar-refractivity contribution >= 4 is 17.7 Å². The van der Waals surface area contributed by atoms with Gasteiger partial charge in [0.15, 0.2) is 0 Å². The maximum absolute atomic E-state index is 12.5. The van der Waals surface area contributed by atoms with E-state index in [4.69, 9.17) is 16.3 Å². The number of aromatic nitrogens is 1. The standard InChI is InChI=1S/C25H27ClN2O2/c1-19(2)27(3)15-4-5-20-8-12-23(13-9-20)28-16-14-24(17-25(28)29)30-18-21-6-10-22(26)11-7-21/h4-14,16-17,19H,15,18H2,1-3H3/b5-4+. The Morgan fingerprint density at radius 1 is 1.07 bits per heavy atom. The number of rotatable bonds is 8. The molecule has 5 heteroatoms. The number of nitrogens with zero attached hydrogens (tertiary/aromatic N) is 2. The van der Waals surface area contributed by atoms with E-state index in [0.29, 0.717) is 23.4 Å². The molecule has 0 unspecified atom stereocenters. The maximum Gasteiger partial charge on any atom is 0.258 e. The van der Waals surface area contributed by atoms with Gasteiger partial charge in [-0.2, -0.15) is 0 Å². The van der Waals surface area contributed by atoms with Crippen molar-refractivity contribution in [1.82, 2.24) is 9.47 Å². The zero-order valence-electron chi connectivity index (χ0n) is 17.6. The highest BCUT2D eigenvalue weighted by atomic mass is 35.5. The minimum absolute atomic E-state index is 0.134. The molecule has 1 aromatic heterocycles. The molecule has 0 saturated carbocycles. The minimum Gasteiger partial charge on any atom is -0.489 e. The Morgan fingerprint density at radius 2 is 1.77 bits per heavy atom. The van der Waals surface area contributed by atoms with Crippen molar-refractivity contribution in [3.8, 4) is 11.4 Å². The largest absolute Gasteiger partial charge is 0.489 e. The van der Waals surface area contributed by atoms with Crippen LogP contribution >= 0.6 is 11.6 Å². The van der Waals surface area contributed by atoms with E-state index < -0.39 is 0 Å². The SMILES string of the molecule is CC(C)N(C)C/C=C/c1ccc(-n2ccc(OCc3ccc(Cl)cc3)cc2=O)cc1. The van der Waals surface area contributed by atoms with Crippen LogP contribution in [-0.2, 0) is 6.61 Å². The fraction of sp³-hybridized carbons (Fsp3) is 0.240. The first-order valence-corrected chi connectivity index (χ1v) is 10.4. The Kier molecular flexibility index (Phi) is 7.50. The molecule has 0 N–H and O–H groups in total. The van der Waals surface area contributed by atoms with Crippen molar-refractivity contribution in [1.29, 1.82) is 0 Å². The second kappa shape index (κ2) is 10.3. The van der Waals surface area contributed by atoms with Crippen molar-refractivity contribution in [2.75, 3.05) is 13.6 Å². The smallest absolute Gasteiger partial charge is 0.258 e. The fourth-order valence-corrected chi connectivity index (χ4v) is 2.95. The van der Waals surface area contributed by atoms with Crippen molar-refractivity contribution in [2.24, 2.45) is 0 Å². The Balaban J connectivity index is 1.63. The predicted octanol–water partition coefficient (Wildman–Crippen LogP) is 5.42. The zero-order chi connectivity index (χ0) is 21.5. The Hall–Kier alpha value is -2.82. The molecule has 0 aliphatic rings. The number of ether oxygens (including phenoxy) is 1. The van der Waals surface area contributed by atoms with E-state index in [9.17, 15) is 4.79 Å². The lowest BCUT2D eigenvalue weighted by Crippen LogP contribution is -2.26. The summed E-state index contributed by atoms with van der Waals surface area (Å²) in [5.41, 5.74) is 2.78. The lowest BCUT2D eigenvalue weighted by Gasteiger charge is -2.18. The number of hydrogen-bond donors (Lipinski definition) is 0. The maximum atomic E-state index is 12.5. The van der Waals surface area contributed by atoms with E-state index in [-0.39, 0.29) is 5.56 Å². The fourth-order valence-electron chi connectivity index (χ4n) is 2.82. The van der Waals surface area contributed by atoms with Gasteiger partial charge in [-0.05, 0) is 62.4 Å². The van der Waals surface area contributed by atoms with Crippen LogP contribution in [0.15, 0.2) is 77.7 Å². The van der Waals surface area contributed by atoms with Gasteiger partial charge in [0.2, 0.25) is 0 Å². The van der Waals surface area contributed by atoms with Crippen LogP contribution in [0, 0.1) is 0 Å². The van der Waals surface area contributed by atoms with Gasteiger partial charge in [-0.15, -0.1) is 0 Å². The monoisotopic (exact) mass is 422 g/mol. The van der Waals surface area contributed by atoms with Gasteiger partial charge in [0, 0.05) is 35.6 Å². The molecule has 0 saturated heterocycles. The molecule has 0 fully saturated rings. The summed E-state index contributed by atoms with van der Waals surface area (Å²) in [7, 11) is 2.10. The van der Waals surface area contributed by atoms with Crippen LogP contribution in [0.2, 0.25) is 5.02 Å². The Labute approximate surface area is 183 Å². The molecule has 0 aliphatic heterocycles. The lowest BCUT2D eigenvalue weighted by atomic mass is 10.2. The molecule has 2 aromatic carbocycles. The van der Waals surface area contributed by atoms with Gasteiger partial charge in [0.1, 0.15) is 12.4 Å². The normalized spacial score (nSPS) is 11.5. The number of halogens is 1. The number of benzene rings is 2. The van der Waals surface area contributed by atoms with E-state index in [2.05, 4.69) is 37.9 Å². The highest BCUT2D eigenvalue weighted by molar-refractivity contribution is 6.30. The third kappa shape index (κ3) is 6.09. The topological polar surface area (TPSA) is 34.5 Å². The molecule has 0 atom stereocenters. The van der Waals surface area contributed by atoms with Gasteiger partial charge >= 0.3 is 0 Å². The molecule has 1 heterocycles. The lowest BCUT2D eigenvalue weighted by molar-refractivity contribution is 0.303. The minimum atomic E-state index is -0.134. The van der Waals surface area contributed by atoms with Crippen LogP contribution in [-0.4, -0.2) is 29.1 Å². The molecule has 0 amide bonds. The molecule has 3 aromatic rings. The van der Waals surface area contributed by atoms with Crippen molar-refractivity contribution in [2.45, 2.75) is 26.5 Å². The van der Waals surface area contributed by atoms with Crippen LogP contribution in [0.3, 0.4) is 0 Å². The van der Waals surface area contributed by atoms with E-state index in [1.807, 2.05) is 48.5 Å². The van der Waals surface area contributed by atoms with E-state index in [0.717, 1.165) is 23.4 Å². The number of pyridine rings is 1. The van der Waals surface area contributed by atoms with E-state index >= 15 is 0 Å². The molecule has 3 rings (SSSR count). The highest BCUT2D eigenvalue weighted by Gasteiger charge is 2.03. The molecule has 156 valence electrons. The summed E-state index contributed by atoms with van der Waals surface area (Å²) in [6.07, 6.45) is 5.98. The summed E-state index contributed by atoms with van der Waals surface area (Å²) >= 11 is 5.89. The molecular formula is C25H27ClN2O2. The zero-order valence-corrected chi connectivity index (χ0v) is 18.3. The second-order valence-electron chi connectivity index (χ2n) is 7.51. The summed E-state index contributed by atoms with van der Waals surface area (Å²) < 4.78 is 7.34.